The van der Waals surface area contributed by atoms with Gasteiger partial charge in [0.1, 0.15) is 11.9 Å². The number of rotatable bonds is 8. The van der Waals surface area contributed by atoms with Gasteiger partial charge in [0.15, 0.2) is 11.5 Å². The minimum Gasteiger partial charge on any atom is -0.454 e. The van der Waals surface area contributed by atoms with Crippen molar-refractivity contribution in [2.24, 2.45) is 0 Å². The van der Waals surface area contributed by atoms with E-state index in [0.717, 1.165) is 30.8 Å². The van der Waals surface area contributed by atoms with Gasteiger partial charge in [0.25, 0.3) is 0 Å². The standard InChI is InChI=1S/C21H26N4O4/c1-2-19-22-9-11-24(19)10-3-8-23-21(27)16-5-7-20(26)25(16)13-15-4-6-17-18(12-15)29-14-28-17/h4,6,9,11-12,16H,2-3,5,7-8,10,13-14H2,1H3,(H,23,27). The van der Waals surface area contributed by atoms with E-state index < -0.39 is 6.04 Å². The van der Waals surface area contributed by atoms with Crippen molar-refractivity contribution in [3.05, 3.63) is 42.0 Å². The summed E-state index contributed by atoms with van der Waals surface area (Å²) in [6.45, 7) is 4.07. The third kappa shape index (κ3) is 4.21. The molecule has 0 saturated carbocycles. The van der Waals surface area contributed by atoms with Gasteiger partial charge in [-0.05, 0) is 30.5 Å². The number of hydrogen-bond donors (Lipinski definition) is 1. The average molecular weight is 398 g/mol. The largest absolute Gasteiger partial charge is 0.454 e. The van der Waals surface area contributed by atoms with Gasteiger partial charge >= 0.3 is 0 Å². The number of amides is 2. The number of carbonyl (C=O) groups excluding carboxylic acids is 2. The molecule has 29 heavy (non-hydrogen) atoms. The fourth-order valence-corrected chi connectivity index (χ4v) is 3.88. The first kappa shape index (κ1) is 19.3. The highest BCUT2D eigenvalue weighted by Gasteiger charge is 2.35. The highest BCUT2D eigenvalue weighted by molar-refractivity contribution is 5.90. The summed E-state index contributed by atoms with van der Waals surface area (Å²) >= 11 is 0. The van der Waals surface area contributed by atoms with Crippen molar-refractivity contribution in [1.82, 2.24) is 19.8 Å². The Morgan fingerprint density at radius 1 is 1.31 bits per heavy atom. The minimum atomic E-state index is -0.424. The number of nitrogens with zero attached hydrogens (tertiary/aromatic N) is 3. The van der Waals surface area contributed by atoms with E-state index in [1.807, 2.05) is 24.4 Å². The summed E-state index contributed by atoms with van der Waals surface area (Å²) < 4.78 is 12.8. The van der Waals surface area contributed by atoms with Gasteiger partial charge in [-0.15, -0.1) is 0 Å². The molecule has 2 amide bonds. The second-order valence-electron chi connectivity index (χ2n) is 7.30. The Hall–Kier alpha value is -3.03. The zero-order valence-electron chi connectivity index (χ0n) is 16.6. The normalized spacial score (nSPS) is 17.8. The van der Waals surface area contributed by atoms with Crippen LogP contribution in [0, 0.1) is 0 Å². The zero-order valence-corrected chi connectivity index (χ0v) is 16.6. The molecule has 3 heterocycles. The molecule has 8 heteroatoms. The summed E-state index contributed by atoms with van der Waals surface area (Å²) in [5.74, 6) is 2.36. The van der Waals surface area contributed by atoms with Crippen LogP contribution in [0.2, 0.25) is 0 Å². The van der Waals surface area contributed by atoms with Gasteiger partial charge < -0.3 is 24.3 Å². The smallest absolute Gasteiger partial charge is 0.242 e. The second-order valence-corrected chi connectivity index (χ2v) is 7.30. The first-order valence-corrected chi connectivity index (χ1v) is 10.1. The van der Waals surface area contributed by atoms with Crippen molar-refractivity contribution in [2.75, 3.05) is 13.3 Å². The van der Waals surface area contributed by atoms with Crippen molar-refractivity contribution in [1.29, 1.82) is 0 Å². The van der Waals surface area contributed by atoms with Gasteiger partial charge in [-0.3, -0.25) is 9.59 Å². The van der Waals surface area contributed by atoms with Crippen LogP contribution in [0.5, 0.6) is 11.5 Å². The van der Waals surface area contributed by atoms with Crippen molar-refractivity contribution >= 4 is 11.8 Å². The van der Waals surface area contributed by atoms with Crippen LogP contribution >= 0.6 is 0 Å². The number of benzene rings is 1. The molecule has 1 aromatic carbocycles. The van der Waals surface area contributed by atoms with Crippen molar-refractivity contribution in [3.8, 4) is 11.5 Å². The summed E-state index contributed by atoms with van der Waals surface area (Å²) in [4.78, 5) is 31.0. The van der Waals surface area contributed by atoms with Gasteiger partial charge in [-0.25, -0.2) is 4.98 Å². The second kappa shape index (κ2) is 8.55. The lowest BCUT2D eigenvalue weighted by molar-refractivity contribution is -0.135. The molecule has 2 aromatic rings. The number of likely N-dealkylation sites (tertiary alicyclic amines) is 1. The third-order valence-electron chi connectivity index (χ3n) is 5.41. The van der Waals surface area contributed by atoms with E-state index >= 15 is 0 Å². The summed E-state index contributed by atoms with van der Waals surface area (Å²) in [7, 11) is 0. The summed E-state index contributed by atoms with van der Waals surface area (Å²) in [6.07, 6.45) is 6.42. The Morgan fingerprint density at radius 2 is 2.17 bits per heavy atom. The van der Waals surface area contributed by atoms with Crippen LogP contribution in [0.4, 0.5) is 0 Å². The molecule has 1 unspecified atom stereocenters. The zero-order chi connectivity index (χ0) is 20.2. The van der Waals surface area contributed by atoms with Crippen molar-refractivity contribution in [3.63, 3.8) is 0 Å². The van der Waals surface area contributed by atoms with Crippen LogP contribution in [-0.4, -0.2) is 45.6 Å². The Balaban J connectivity index is 1.30. The number of fused-ring (bicyclic) bond motifs is 1. The average Bonchev–Trinajstić information content (AvgIpc) is 3.45. The first-order valence-electron chi connectivity index (χ1n) is 10.1. The third-order valence-corrected chi connectivity index (χ3v) is 5.41. The molecule has 1 fully saturated rings. The Bertz CT molecular complexity index is 895. The Morgan fingerprint density at radius 3 is 3.03 bits per heavy atom. The molecule has 1 saturated heterocycles. The van der Waals surface area contributed by atoms with E-state index in [4.69, 9.17) is 9.47 Å². The molecule has 1 aromatic heterocycles. The van der Waals surface area contributed by atoms with Crippen LogP contribution in [0.1, 0.15) is 37.6 Å². The maximum Gasteiger partial charge on any atom is 0.242 e. The molecule has 4 rings (SSSR count). The molecule has 154 valence electrons. The fraction of sp³-hybridized carbons (Fsp3) is 0.476. The number of aryl methyl sites for hydroxylation is 2. The van der Waals surface area contributed by atoms with Gasteiger partial charge in [0.05, 0.1) is 0 Å². The van der Waals surface area contributed by atoms with Crippen LogP contribution in [0.3, 0.4) is 0 Å². The van der Waals surface area contributed by atoms with Crippen LogP contribution in [0.15, 0.2) is 30.6 Å². The monoisotopic (exact) mass is 398 g/mol. The van der Waals surface area contributed by atoms with E-state index in [1.54, 1.807) is 11.1 Å². The summed E-state index contributed by atoms with van der Waals surface area (Å²) in [5.41, 5.74) is 0.925. The molecular formula is C21H26N4O4. The summed E-state index contributed by atoms with van der Waals surface area (Å²) in [5, 5.41) is 2.99. The predicted octanol–water partition coefficient (Wildman–Crippen LogP) is 1.87. The topological polar surface area (TPSA) is 85.7 Å². The molecule has 8 nitrogen and oxygen atoms in total. The fourth-order valence-electron chi connectivity index (χ4n) is 3.88. The highest BCUT2D eigenvalue weighted by atomic mass is 16.7. The summed E-state index contributed by atoms with van der Waals surface area (Å²) in [6, 6.07) is 5.20. The van der Waals surface area contributed by atoms with Crippen molar-refractivity contribution < 1.29 is 19.1 Å². The Kier molecular flexibility index (Phi) is 5.69. The number of hydrogen-bond acceptors (Lipinski definition) is 5. The molecule has 0 bridgehead atoms. The quantitative estimate of drug-likeness (QED) is 0.686. The van der Waals surface area contributed by atoms with E-state index in [1.165, 1.54) is 0 Å². The molecule has 0 spiro atoms. The van der Waals surface area contributed by atoms with Gasteiger partial charge in [-0.2, -0.15) is 0 Å². The van der Waals surface area contributed by atoms with E-state index in [9.17, 15) is 9.59 Å². The number of nitrogens with one attached hydrogen (secondary N) is 1. The molecule has 1 atom stereocenters. The molecular weight excluding hydrogens is 372 g/mol. The Labute approximate surface area is 169 Å². The van der Waals surface area contributed by atoms with Gasteiger partial charge in [0, 0.05) is 44.9 Å². The predicted molar refractivity (Wildman–Crippen MR) is 105 cm³/mol. The number of imidazole rings is 1. The highest BCUT2D eigenvalue weighted by Crippen LogP contribution is 2.33. The number of ether oxygens (including phenoxy) is 2. The lowest BCUT2D eigenvalue weighted by Gasteiger charge is -2.24. The van der Waals surface area contributed by atoms with Crippen LogP contribution in [-0.2, 0) is 29.1 Å². The SMILES string of the molecule is CCc1nccn1CCCNC(=O)C1CCC(=O)N1Cc1ccc2c(c1)OCO2. The molecule has 0 radical (unpaired) electrons. The van der Waals surface area contributed by atoms with Crippen LogP contribution in [0.25, 0.3) is 0 Å². The van der Waals surface area contributed by atoms with Gasteiger partial charge in [0.2, 0.25) is 18.6 Å². The maximum atomic E-state index is 12.7. The first-order chi connectivity index (χ1) is 14.2. The van der Waals surface area contributed by atoms with Crippen molar-refractivity contribution in [2.45, 2.75) is 51.7 Å². The van der Waals surface area contributed by atoms with Crippen LogP contribution < -0.4 is 14.8 Å². The van der Waals surface area contributed by atoms with E-state index in [-0.39, 0.29) is 18.6 Å². The molecule has 1 N–H and O–H groups in total. The number of carbonyl (C=O) groups is 2. The molecule has 2 aliphatic rings. The number of aromatic nitrogens is 2. The lowest BCUT2D eigenvalue weighted by atomic mass is 10.1. The van der Waals surface area contributed by atoms with E-state index in [0.29, 0.717) is 37.4 Å². The lowest BCUT2D eigenvalue weighted by Crippen LogP contribution is -2.44. The van der Waals surface area contributed by atoms with E-state index in [2.05, 4.69) is 21.8 Å². The molecule has 2 aliphatic heterocycles. The maximum absolute atomic E-state index is 12.7. The molecule has 0 aliphatic carbocycles. The minimum absolute atomic E-state index is 0.00817. The van der Waals surface area contributed by atoms with Gasteiger partial charge in [-0.1, -0.05) is 13.0 Å².